The van der Waals surface area contributed by atoms with Crippen LogP contribution in [0.5, 0.6) is 5.75 Å². The van der Waals surface area contributed by atoms with Crippen molar-refractivity contribution >= 4 is 44.9 Å². The van der Waals surface area contributed by atoms with Gasteiger partial charge < -0.3 is 9.84 Å². The van der Waals surface area contributed by atoms with Gasteiger partial charge in [0.25, 0.3) is 0 Å². The van der Waals surface area contributed by atoms with Gasteiger partial charge in [-0.3, -0.25) is 23.9 Å². The van der Waals surface area contributed by atoms with E-state index in [4.69, 9.17) is 4.74 Å². The first kappa shape index (κ1) is 26.8. The summed E-state index contributed by atoms with van der Waals surface area (Å²) in [5, 5.41) is 9.42. The predicted octanol–water partition coefficient (Wildman–Crippen LogP) is 4.98. The van der Waals surface area contributed by atoms with Crippen LogP contribution in [0.1, 0.15) is 42.6 Å². The van der Waals surface area contributed by atoms with Gasteiger partial charge in [-0.25, -0.2) is 4.79 Å². The molecule has 0 unspecified atom stereocenters. The Morgan fingerprint density at radius 1 is 1.00 bits per heavy atom. The van der Waals surface area contributed by atoms with Gasteiger partial charge >= 0.3 is 10.8 Å². The molecular weight excluding hydrogens is 504 g/mol. The van der Waals surface area contributed by atoms with Crippen molar-refractivity contribution in [3.63, 3.8) is 0 Å². The van der Waals surface area contributed by atoms with E-state index in [1.165, 1.54) is 11.8 Å². The Kier molecular flexibility index (Phi) is 8.38. The molecule has 1 heterocycles. The number of aromatic nitrogens is 1. The molecule has 0 spiro atoms. The van der Waals surface area contributed by atoms with Crippen molar-refractivity contribution in [3.8, 4) is 5.75 Å². The van der Waals surface area contributed by atoms with Crippen LogP contribution in [0.15, 0.2) is 77.6 Å². The van der Waals surface area contributed by atoms with Crippen LogP contribution in [0.4, 0.5) is 5.69 Å². The average Bonchev–Trinajstić information content (AvgIpc) is 3.23. The molecule has 1 aromatic heterocycles. The Morgan fingerprint density at radius 3 is 2.37 bits per heavy atom. The number of amides is 1. The first-order chi connectivity index (χ1) is 18.3. The highest BCUT2D eigenvalue weighted by molar-refractivity contribution is 7.16. The first-order valence-electron chi connectivity index (χ1n) is 12.3. The molecule has 0 aliphatic heterocycles. The molecule has 38 heavy (non-hydrogen) atoms. The number of rotatable bonds is 11. The molecule has 8 nitrogen and oxygen atoms in total. The summed E-state index contributed by atoms with van der Waals surface area (Å²) in [5.74, 6) is -0.907. The molecule has 0 radical (unpaired) electrons. The first-order valence-corrected chi connectivity index (χ1v) is 13.1. The number of hydrogen-bond donors (Lipinski definition) is 1. The number of carboxylic acid groups (broad SMARTS) is 1. The molecular formula is C29H28N2O6S. The third-order valence-corrected chi connectivity index (χ3v) is 7.08. The van der Waals surface area contributed by atoms with E-state index in [-0.39, 0.29) is 29.6 Å². The van der Waals surface area contributed by atoms with Crippen molar-refractivity contribution in [2.45, 2.75) is 39.3 Å². The molecule has 9 heteroatoms. The molecule has 4 aromatic rings. The van der Waals surface area contributed by atoms with Crippen molar-refractivity contribution < 1.29 is 24.2 Å². The number of carboxylic acids is 1. The fourth-order valence-corrected chi connectivity index (χ4v) is 5.12. The normalized spacial score (nSPS) is 11.7. The maximum atomic E-state index is 12.8. The van der Waals surface area contributed by atoms with Crippen molar-refractivity contribution in [2.24, 2.45) is 0 Å². The number of aliphatic carboxylic acids is 1. The van der Waals surface area contributed by atoms with Gasteiger partial charge in [-0.15, -0.1) is 0 Å². The lowest BCUT2D eigenvalue weighted by molar-refractivity contribution is -0.139. The Labute approximate surface area is 223 Å². The van der Waals surface area contributed by atoms with Crippen LogP contribution in [-0.4, -0.2) is 40.0 Å². The van der Waals surface area contributed by atoms with E-state index in [2.05, 4.69) is 0 Å². The van der Waals surface area contributed by atoms with Gasteiger partial charge in [-0.1, -0.05) is 48.6 Å². The van der Waals surface area contributed by atoms with Crippen LogP contribution in [-0.2, 0) is 16.1 Å². The summed E-state index contributed by atoms with van der Waals surface area (Å²) >= 11 is 1.08. The number of fused-ring (bicyclic) bond motifs is 1. The minimum atomic E-state index is -1.08. The number of ether oxygens (including phenoxy) is 1. The van der Waals surface area contributed by atoms with E-state index >= 15 is 0 Å². The molecule has 3 aromatic carbocycles. The lowest BCUT2D eigenvalue weighted by atomic mass is 10.0. The summed E-state index contributed by atoms with van der Waals surface area (Å²) in [5.41, 5.74) is 2.33. The van der Waals surface area contributed by atoms with Gasteiger partial charge in [0.2, 0.25) is 5.91 Å². The molecule has 0 fully saturated rings. The molecule has 0 bridgehead atoms. The van der Waals surface area contributed by atoms with Crippen molar-refractivity contribution in [3.05, 3.63) is 93.6 Å². The summed E-state index contributed by atoms with van der Waals surface area (Å²) in [6.45, 7) is 3.87. The summed E-state index contributed by atoms with van der Waals surface area (Å²) in [7, 11) is 0. The van der Waals surface area contributed by atoms with Crippen molar-refractivity contribution in [1.29, 1.82) is 0 Å². The molecule has 196 valence electrons. The third kappa shape index (κ3) is 5.84. The molecule has 1 atom stereocenters. The molecule has 1 amide bonds. The van der Waals surface area contributed by atoms with Crippen LogP contribution in [0.2, 0.25) is 0 Å². The fraction of sp³-hybridized carbons (Fsp3) is 0.241. The molecule has 0 aliphatic rings. The highest BCUT2D eigenvalue weighted by Gasteiger charge is 2.26. The second kappa shape index (κ2) is 11.9. The quantitative estimate of drug-likeness (QED) is 0.273. The standard InChI is InChI=1S/C29H28N2O6S/c1-3-7-26(32)31(19(2)28(34)35)22-11-13-23(14-12-22)37-17-16-30-24-15-10-21(18-25(24)38-29(30)36)27(33)20-8-5-4-6-9-20/h4-6,8-15,18-19H,3,7,16-17H2,1-2H3,(H,34,35)/t19-/m0/s1. The molecule has 0 saturated heterocycles. The van der Waals surface area contributed by atoms with Gasteiger partial charge in [0.15, 0.2) is 5.78 Å². The maximum absolute atomic E-state index is 12.8. The summed E-state index contributed by atoms with van der Waals surface area (Å²) in [6, 6.07) is 19.9. The zero-order valence-corrected chi connectivity index (χ0v) is 21.9. The van der Waals surface area contributed by atoms with Crippen LogP contribution in [0.25, 0.3) is 10.2 Å². The third-order valence-electron chi connectivity index (χ3n) is 6.14. The zero-order valence-electron chi connectivity index (χ0n) is 21.1. The Hall–Kier alpha value is -4.24. The van der Waals surface area contributed by atoms with Crippen LogP contribution in [0, 0.1) is 0 Å². The molecule has 1 N–H and O–H groups in total. The monoisotopic (exact) mass is 532 g/mol. The van der Waals surface area contributed by atoms with Crippen LogP contribution >= 0.6 is 11.3 Å². The number of thiazole rings is 1. The number of hydrogen-bond acceptors (Lipinski definition) is 6. The highest BCUT2D eigenvalue weighted by atomic mass is 32.1. The second-order valence-electron chi connectivity index (χ2n) is 8.77. The number of ketones is 1. The van der Waals surface area contributed by atoms with Crippen LogP contribution < -0.4 is 14.5 Å². The van der Waals surface area contributed by atoms with Crippen molar-refractivity contribution in [1.82, 2.24) is 4.57 Å². The minimum Gasteiger partial charge on any atom is -0.492 e. The van der Waals surface area contributed by atoms with E-state index in [9.17, 15) is 24.3 Å². The Bertz CT molecular complexity index is 1510. The second-order valence-corrected chi connectivity index (χ2v) is 9.76. The van der Waals surface area contributed by atoms with E-state index < -0.39 is 12.0 Å². The number of benzene rings is 3. The maximum Gasteiger partial charge on any atom is 0.326 e. The van der Waals surface area contributed by atoms with E-state index in [1.807, 2.05) is 25.1 Å². The highest BCUT2D eigenvalue weighted by Crippen LogP contribution is 2.24. The van der Waals surface area contributed by atoms with E-state index in [0.29, 0.717) is 35.5 Å². The molecule has 0 aliphatic carbocycles. The van der Waals surface area contributed by atoms with Crippen molar-refractivity contribution in [2.75, 3.05) is 11.5 Å². The average molecular weight is 533 g/mol. The lowest BCUT2D eigenvalue weighted by Gasteiger charge is -2.26. The number of anilines is 1. The van der Waals surface area contributed by atoms with E-state index in [0.717, 1.165) is 21.6 Å². The Morgan fingerprint density at radius 2 is 1.71 bits per heavy atom. The van der Waals surface area contributed by atoms with Gasteiger partial charge in [0.05, 0.1) is 16.8 Å². The Balaban J connectivity index is 1.44. The topological polar surface area (TPSA) is 106 Å². The predicted molar refractivity (Wildman–Crippen MR) is 147 cm³/mol. The lowest BCUT2D eigenvalue weighted by Crippen LogP contribution is -2.43. The van der Waals surface area contributed by atoms with Gasteiger partial charge in [0, 0.05) is 23.2 Å². The summed E-state index contributed by atoms with van der Waals surface area (Å²) in [4.78, 5) is 50.6. The number of carbonyl (C=O) groups is 3. The van der Waals surface area contributed by atoms with Gasteiger partial charge in [-0.05, 0) is 55.8 Å². The summed E-state index contributed by atoms with van der Waals surface area (Å²) < 4.78 is 8.17. The largest absolute Gasteiger partial charge is 0.492 e. The van der Waals surface area contributed by atoms with Crippen LogP contribution in [0.3, 0.4) is 0 Å². The summed E-state index contributed by atoms with van der Waals surface area (Å²) in [6.07, 6.45) is 0.866. The molecule has 4 rings (SSSR count). The zero-order chi connectivity index (χ0) is 27.2. The van der Waals surface area contributed by atoms with Gasteiger partial charge in [0.1, 0.15) is 18.4 Å². The fourth-order valence-electron chi connectivity index (χ4n) is 4.16. The number of carbonyl (C=O) groups excluding carboxylic acids is 2. The smallest absolute Gasteiger partial charge is 0.326 e. The minimum absolute atomic E-state index is 0.0978. The van der Waals surface area contributed by atoms with Gasteiger partial charge in [-0.2, -0.15) is 0 Å². The van der Waals surface area contributed by atoms with E-state index in [1.54, 1.807) is 59.2 Å². The SMILES string of the molecule is CCCC(=O)N(c1ccc(OCCn2c(=O)sc3cc(C(=O)c4ccccc4)ccc32)cc1)[C@@H](C)C(=O)O. The molecule has 0 saturated carbocycles. The number of nitrogens with zero attached hydrogens (tertiary/aromatic N) is 2.